The summed E-state index contributed by atoms with van der Waals surface area (Å²) >= 11 is 0. The average molecular weight is 260 g/mol. The number of aryl methyl sites for hydroxylation is 1. The standard InChI is InChI=1S/C14H16N2O3/c1-9-6-10(16-8-11-4-3-5-19-11)7-12(13(9)15)14(17)18-2/h3-7,16H,8,15H2,1-2H3. The van der Waals surface area contributed by atoms with Crippen molar-refractivity contribution in [1.29, 1.82) is 0 Å². The van der Waals surface area contributed by atoms with Crippen LogP contribution in [-0.4, -0.2) is 13.1 Å². The fraction of sp³-hybridized carbons (Fsp3) is 0.214. The van der Waals surface area contributed by atoms with E-state index in [1.54, 1.807) is 12.3 Å². The van der Waals surface area contributed by atoms with Gasteiger partial charge in [0.15, 0.2) is 0 Å². The van der Waals surface area contributed by atoms with Gasteiger partial charge in [-0.1, -0.05) is 0 Å². The number of hydrogen-bond acceptors (Lipinski definition) is 5. The molecule has 1 aromatic heterocycles. The summed E-state index contributed by atoms with van der Waals surface area (Å²) in [5.41, 5.74) is 8.30. The highest BCUT2D eigenvalue weighted by Gasteiger charge is 2.13. The fourth-order valence-corrected chi connectivity index (χ4v) is 1.78. The van der Waals surface area contributed by atoms with E-state index < -0.39 is 5.97 Å². The Morgan fingerprint density at radius 2 is 2.26 bits per heavy atom. The molecular formula is C14H16N2O3. The van der Waals surface area contributed by atoms with E-state index in [2.05, 4.69) is 5.32 Å². The number of nitrogen functional groups attached to an aromatic ring is 1. The van der Waals surface area contributed by atoms with Crippen LogP contribution < -0.4 is 11.1 Å². The van der Waals surface area contributed by atoms with Crippen molar-refractivity contribution in [3.05, 3.63) is 47.4 Å². The highest BCUT2D eigenvalue weighted by Crippen LogP contribution is 2.24. The first-order valence-corrected chi connectivity index (χ1v) is 5.86. The molecule has 2 rings (SSSR count). The molecule has 0 bridgehead atoms. The van der Waals surface area contributed by atoms with Gasteiger partial charge in [0, 0.05) is 11.4 Å². The molecule has 0 unspecified atom stereocenters. The lowest BCUT2D eigenvalue weighted by molar-refractivity contribution is 0.0602. The minimum Gasteiger partial charge on any atom is -0.467 e. The van der Waals surface area contributed by atoms with E-state index in [1.165, 1.54) is 7.11 Å². The Hall–Kier alpha value is -2.43. The second-order valence-corrected chi connectivity index (χ2v) is 4.18. The van der Waals surface area contributed by atoms with E-state index in [0.29, 0.717) is 17.8 Å². The Morgan fingerprint density at radius 1 is 1.47 bits per heavy atom. The van der Waals surface area contributed by atoms with Crippen LogP contribution in [0.5, 0.6) is 0 Å². The Kier molecular flexibility index (Phi) is 3.75. The predicted molar refractivity (Wildman–Crippen MR) is 73.0 cm³/mol. The molecule has 0 saturated heterocycles. The highest BCUT2D eigenvalue weighted by molar-refractivity contribution is 5.97. The summed E-state index contributed by atoms with van der Waals surface area (Å²) in [5.74, 6) is 0.372. The number of esters is 1. The van der Waals surface area contributed by atoms with Gasteiger partial charge >= 0.3 is 5.97 Å². The van der Waals surface area contributed by atoms with E-state index in [-0.39, 0.29) is 0 Å². The Bertz CT molecular complexity index is 577. The average Bonchev–Trinajstić information content (AvgIpc) is 2.92. The minimum absolute atomic E-state index is 0.365. The largest absolute Gasteiger partial charge is 0.467 e. The molecule has 1 aromatic carbocycles. The number of carbonyl (C=O) groups excluding carboxylic acids is 1. The molecule has 5 heteroatoms. The van der Waals surface area contributed by atoms with Gasteiger partial charge in [-0.2, -0.15) is 0 Å². The summed E-state index contributed by atoms with van der Waals surface area (Å²) in [7, 11) is 1.33. The molecule has 0 saturated carbocycles. The number of carbonyl (C=O) groups is 1. The summed E-state index contributed by atoms with van der Waals surface area (Å²) in [4.78, 5) is 11.6. The zero-order valence-corrected chi connectivity index (χ0v) is 10.9. The van der Waals surface area contributed by atoms with Crippen molar-refractivity contribution in [3.63, 3.8) is 0 Å². The number of anilines is 2. The third-order valence-corrected chi connectivity index (χ3v) is 2.84. The maximum atomic E-state index is 11.6. The maximum absolute atomic E-state index is 11.6. The molecule has 19 heavy (non-hydrogen) atoms. The maximum Gasteiger partial charge on any atom is 0.340 e. The Labute approximate surface area is 111 Å². The second-order valence-electron chi connectivity index (χ2n) is 4.18. The van der Waals surface area contributed by atoms with Crippen LogP contribution in [0.3, 0.4) is 0 Å². The van der Waals surface area contributed by atoms with Gasteiger partial charge in [0.25, 0.3) is 0 Å². The minimum atomic E-state index is -0.442. The van der Waals surface area contributed by atoms with Crippen molar-refractivity contribution < 1.29 is 13.9 Å². The molecule has 3 N–H and O–H groups in total. The lowest BCUT2D eigenvalue weighted by atomic mass is 10.1. The van der Waals surface area contributed by atoms with Gasteiger partial charge in [-0.05, 0) is 36.8 Å². The van der Waals surface area contributed by atoms with Gasteiger partial charge in [0.05, 0.1) is 25.5 Å². The number of benzene rings is 1. The molecule has 0 amide bonds. The Balaban J connectivity index is 2.21. The van der Waals surface area contributed by atoms with Crippen LogP contribution >= 0.6 is 0 Å². The molecule has 1 heterocycles. The number of furan rings is 1. The number of rotatable bonds is 4. The SMILES string of the molecule is COC(=O)c1cc(NCc2ccco2)cc(C)c1N. The zero-order chi connectivity index (χ0) is 13.8. The van der Waals surface area contributed by atoms with Gasteiger partial charge in [0.2, 0.25) is 0 Å². The number of hydrogen-bond donors (Lipinski definition) is 2. The monoisotopic (exact) mass is 260 g/mol. The zero-order valence-electron chi connectivity index (χ0n) is 10.9. The van der Waals surface area contributed by atoms with Crippen LogP contribution in [0.1, 0.15) is 21.7 Å². The number of methoxy groups -OCH3 is 1. The smallest absolute Gasteiger partial charge is 0.340 e. The van der Waals surface area contributed by atoms with Crippen LogP contribution in [0.2, 0.25) is 0 Å². The van der Waals surface area contributed by atoms with Crippen molar-refractivity contribution in [2.45, 2.75) is 13.5 Å². The molecule has 0 aliphatic carbocycles. The first kappa shape index (κ1) is 13.0. The van der Waals surface area contributed by atoms with Gasteiger partial charge in [-0.15, -0.1) is 0 Å². The highest BCUT2D eigenvalue weighted by atomic mass is 16.5. The van der Waals surface area contributed by atoms with Crippen molar-refractivity contribution in [3.8, 4) is 0 Å². The van der Waals surface area contributed by atoms with Crippen LogP contribution in [0.25, 0.3) is 0 Å². The van der Waals surface area contributed by atoms with E-state index in [4.69, 9.17) is 14.9 Å². The van der Waals surface area contributed by atoms with Crippen LogP contribution in [0.4, 0.5) is 11.4 Å². The third-order valence-electron chi connectivity index (χ3n) is 2.84. The topological polar surface area (TPSA) is 77.5 Å². The van der Waals surface area contributed by atoms with Crippen molar-refractivity contribution in [1.82, 2.24) is 0 Å². The Morgan fingerprint density at radius 3 is 2.89 bits per heavy atom. The van der Waals surface area contributed by atoms with E-state index in [0.717, 1.165) is 17.0 Å². The first-order chi connectivity index (χ1) is 9.11. The van der Waals surface area contributed by atoms with E-state index >= 15 is 0 Å². The summed E-state index contributed by atoms with van der Waals surface area (Å²) < 4.78 is 9.94. The second kappa shape index (κ2) is 5.48. The molecule has 0 spiro atoms. The molecule has 0 fully saturated rings. The van der Waals surface area contributed by atoms with Crippen LogP contribution in [0.15, 0.2) is 34.9 Å². The fourth-order valence-electron chi connectivity index (χ4n) is 1.78. The summed E-state index contributed by atoms with van der Waals surface area (Å²) in [5, 5.41) is 3.18. The quantitative estimate of drug-likeness (QED) is 0.652. The molecule has 5 nitrogen and oxygen atoms in total. The van der Waals surface area contributed by atoms with Gasteiger partial charge in [-0.25, -0.2) is 4.79 Å². The summed E-state index contributed by atoms with van der Waals surface area (Å²) in [6.07, 6.45) is 1.62. The first-order valence-electron chi connectivity index (χ1n) is 5.86. The predicted octanol–water partition coefficient (Wildman–Crippen LogP) is 2.57. The molecular weight excluding hydrogens is 244 g/mol. The van der Waals surface area contributed by atoms with Gasteiger partial charge in [-0.3, -0.25) is 0 Å². The number of nitrogens with one attached hydrogen (secondary N) is 1. The lowest BCUT2D eigenvalue weighted by Gasteiger charge is -2.11. The summed E-state index contributed by atoms with van der Waals surface area (Å²) in [6, 6.07) is 7.26. The lowest BCUT2D eigenvalue weighted by Crippen LogP contribution is -2.09. The van der Waals surface area contributed by atoms with Crippen molar-refractivity contribution in [2.75, 3.05) is 18.2 Å². The van der Waals surface area contributed by atoms with Crippen molar-refractivity contribution >= 4 is 17.3 Å². The molecule has 0 aliphatic rings. The third kappa shape index (κ3) is 2.88. The van der Waals surface area contributed by atoms with Crippen LogP contribution in [-0.2, 0) is 11.3 Å². The normalized spacial score (nSPS) is 10.2. The molecule has 0 radical (unpaired) electrons. The summed E-state index contributed by atoms with van der Waals surface area (Å²) in [6.45, 7) is 2.39. The van der Waals surface area contributed by atoms with Gasteiger partial charge < -0.3 is 20.2 Å². The molecule has 0 atom stereocenters. The van der Waals surface area contributed by atoms with Crippen LogP contribution in [0, 0.1) is 6.92 Å². The molecule has 100 valence electrons. The van der Waals surface area contributed by atoms with E-state index in [1.807, 2.05) is 25.1 Å². The molecule has 2 aromatic rings. The van der Waals surface area contributed by atoms with Crippen molar-refractivity contribution in [2.24, 2.45) is 0 Å². The number of ether oxygens (including phenoxy) is 1. The molecule has 0 aliphatic heterocycles. The number of nitrogens with two attached hydrogens (primary N) is 1. The van der Waals surface area contributed by atoms with Gasteiger partial charge in [0.1, 0.15) is 5.76 Å². The van der Waals surface area contributed by atoms with E-state index in [9.17, 15) is 4.79 Å².